The number of sulfone groups is 1. The van der Waals surface area contributed by atoms with E-state index in [-0.39, 0.29) is 17.8 Å². The molecule has 0 aliphatic carbocycles. The highest BCUT2D eigenvalue weighted by molar-refractivity contribution is 7.90. The Kier molecular flexibility index (Phi) is 6.89. The van der Waals surface area contributed by atoms with E-state index in [1.807, 2.05) is 0 Å². The quantitative estimate of drug-likeness (QED) is 0.347. The fourth-order valence-electron chi connectivity index (χ4n) is 3.74. The molecule has 1 heterocycles. The van der Waals surface area contributed by atoms with Crippen LogP contribution in [0.3, 0.4) is 0 Å². The normalized spacial score (nSPS) is 11.9. The van der Waals surface area contributed by atoms with Crippen molar-refractivity contribution in [1.29, 1.82) is 0 Å². The highest BCUT2D eigenvalue weighted by atomic mass is 32.2. The molecule has 37 heavy (non-hydrogen) atoms. The number of halogens is 4. The maximum absolute atomic E-state index is 15.5. The highest BCUT2D eigenvalue weighted by Gasteiger charge is 2.36. The van der Waals surface area contributed by atoms with E-state index in [0.717, 1.165) is 17.0 Å². The third-order valence-corrected chi connectivity index (χ3v) is 6.56. The van der Waals surface area contributed by atoms with Gasteiger partial charge in [0.05, 0.1) is 11.4 Å². The van der Waals surface area contributed by atoms with E-state index in [2.05, 4.69) is 10.4 Å². The molecule has 3 N–H and O–H groups in total. The van der Waals surface area contributed by atoms with Gasteiger partial charge in [0.2, 0.25) is 0 Å². The number of nitrogens with zero attached hydrogens (tertiary/aromatic N) is 2. The molecule has 12 heteroatoms. The minimum Gasteiger partial charge on any atom is -0.326 e. The fraction of sp³-hybridized carbons (Fsp3) is 0.120. The van der Waals surface area contributed by atoms with Gasteiger partial charge in [0, 0.05) is 24.4 Å². The highest BCUT2D eigenvalue weighted by Crippen LogP contribution is 2.34. The first-order valence-electron chi connectivity index (χ1n) is 10.8. The molecule has 0 radical (unpaired) electrons. The first-order valence-corrected chi connectivity index (χ1v) is 12.6. The smallest absolute Gasteiger partial charge is 0.326 e. The van der Waals surface area contributed by atoms with Crippen LogP contribution in [0.4, 0.5) is 23.2 Å². The summed E-state index contributed by atoms with van der Waals surface area (Å²) < 4.78 is 81.5. The van der Waals surface area contributed by atoms with E-state index >= 15 is 4.39 Å². The van der Waals surface area contributed by atoms with Gasteiger partial charge in [-0.25, -0.2) is 17.5 Å². The van der Waals surface area contributed by atoms with Crippen molar-refractivity contribution in [1.82, 2.24) is 9.78 Å². The SMILES string of the molecule is CS(=O)(=O)c1c(-c2ccccc2)ccc(NC(=O)c2cc(C(F)(F)F)nn2-c2cccc(CN)c2)c1F. The summed E-state index contributed by atoms with van der Waals surface area (Å²) >= 11 is 0. The zero-order valence-corrected chi connectivity index (χ0v) is 20.1. The lowest BCUT2D eigenvalue weighted by Gasteiger charge is -2.14. The molecule has 4 rings (SSSR count). The Hall–Kier alpha value is -4.03. The molecule has 0 aliphatic heterocycles. The molecule has 192 valence electrons. The summed E-state index contributed by atoms with van der Waals surface area (Å²) in [6.07, 6.45) is -4.05. The third-order valence-electron chi connectivity index (χ3n) is 5.42. The number of nitrogens with two attached hydrogens (primary N) is 1. The van der Waals surface area contributed by atoms with Gasteiger partial charge in [-0.15, -0.1) is 0 Å². The Morgan fingerprint density at radius 2 is 1.73 bits per heavy atom. The number of nitrogens with one attached hydrogen (secondary N) is 1. The number of hydrogen-bond acceptors (Lipinski definition) is 5. The lowest BCUT2D eigenvalue weighted by molar-refractivity contribution is -0.141. The van der Waals surface area contributed by atoms with Gasteiger partial charge in [-0.05, 0) is 29.3 Å². The average Bonchev–Trinajstić information content (AvgIpc) is 3.31. The first-order chi connectivity index (χ1) is 17.4. The minimum absolute atomic E-state index is 0.0709. The van der Waals surface area contributed by atoms with Gasteiger partial charge in [-0.2, -0.15) is 18.3 Å². The van der Waals surface area contributed by atoms with Crippen LogP contribution in [0.1, 0.15) is 21.7 Å². The maximum atomic E-state index is 15.5. The minimum atomic E-state index is -4.86. The van der Waals surface area contributed by atoms with Crippen molar-refractivity contribution in [3.8, 4) is 16.8 Å². The van der Waals surface area contributed by atoms with E-state index in [9.17, 15) is 26.4 Å². The van der Waals surface area contributed by atoms with Crippen molar-refractivity contribution in [2.75, 3.05) is 11.6 Å². The van der Waals surface area contributed by atoms with Gasteiger partial charge in [0.25, 0.3) is 5.91 Å². The number of anilines is 1. The van der Waals surface area contributed by atoms with Crippen LogP contribution < -0.4 is 11.1 Å². The van der Waals surface area contributed by atoms with Crippen LogP contribution in [0, 0.1) is 5.82 Å². The van der Waals surface area contributed by atoms with Crippen molar-refractivity contribution in [3.05, 3.63) is 95.6 Å². The number of alkyl halides is 3. The van der Waals surface area contributed by atoms with Gasteiger partial charge in [0.15, 0.2) is 21.3 Å². The van der Waals surface area contributed by atoms with E-state index in [1.165, 1.54) is 24.3 Å². The van der Waals surface area contributed by atoms with Crippen molar-refractivity contribution >= 4 is 21.4 Å². The molecule has 0 atom stereocenters. The lowest BCUT2D eigenvalue weighted by atomic mass is 10.0. The summed E-state index contributed by atoms with van der Waals surface area (Å²) in [7, 11) is -4.11. The fourth-order valence-corrected chi connectivity index (χ4v) is 4.76. The number of benzene rings is 3. The molecule has 1 aromatic heterocycles. The molecule has 0 bridgehead atoms. The van der Waals surface area contributed by atoms with Gasteiger partial charge in [-0.3, -0.25) is 4.79 Å². The zero-order chi connectivity index (χ0) is 27.0. The topological polar surface area (TPSA) is 107 Å². The Morgan fingerprint density at radius 1 is 1.03 bits per heavy atom. The molecule has 0 fully saturated rings. The third kappa shape index (κ3) is 5.39. The standard InChI is InChI=1S/C25H20F4N4O3S/c1-37(35,36)23-18(16-7-3-2-4-8-16)10-11-19(22(23)26)31-24(34)20-13-21(25(27,28)29)32-33(20)17-9-5-6-15(12-17)14-30/h2-13H,14,30H2,1H3,(H,31,34). The Bertz CT molecular complexity index is 1580. The summed E-state index contributed by atoms with van der Waals surface area (Å²) in [5.41, 5.74) is 4.40. The Morgan fingerprint density at radius 3 is 2.35 bits per heavy atom. The molecule has 7 nitrogen and oxygen atoms in total. The summed E-state index contributed by atoms with van der Waals surface area (Å²) in [5, 5.41) is 5.71. The zero-order valence-electron chi connectivity index (χ0n) is 19.3. The molecule has 0 unspecified atom stereocenters. The lowest BCUT2D eigenvalue weighted by Crippen LogP contribution is -2.19. The van der Waals surface area contributed by atoms with Crippen molar-refractivity contribution < 1.29 is 30.8 Å². The van der Waals surface area contributed by atoms with Gasteiger partial charge in [-0.1, -0.05) is 48.5 Å². The van der Waals surface area contributed by atoms with E-state index in [1.54, 1.807) is 36.4 Å². The van der Waals surface area contributed by atoms with E-state index in [0.29, 0.717) is 17.2 Å². The van der Waals surface area contributed by atoms with Gasteiger partial charge >= 0.3 is 6.18 Å². The molecule has 0 saturated heterocycles. The second-order valence-electron chi connectivity index (χ2n) is 8.09. The molecule has 1 amide bonds. The van der Waals surface area contributed by atoms with E-state index < -0.39 is 49.7 Å². The molecule has 3 aromatic carbocycles. The number of carbonyl (C=O) groups is 1. The van der Waals surface area contributed by atoms with Gasteiger partial charge in [0.1, 0.15) is 10.6 Å². The van der Waals surface area contributed by atoms with Crippen molar-refractivity contribution in [3.63, 3.8) is 0 Å². The largest absolute Gasteiger partial charge is 0.435 e. The summed E-state index contributed by atoms with van der Waals surface area (Å²) in [4.78, 5) is 12.4. The number of hydrogen-bond donors (Lipinski definition) is 2. The predicted octanol–water partition coefficient (Wildman–Crippen LogP) is 4.81. The number of amides is 1. The van der Waals surface area contributed by atoms with E-state index in [4.69, 9.17) is 5.73 Å². The average molecular weight is 533 g/mol. The predicted molar refractivity (Wildman–Crippen MR) is 129 cm³/mol. The molecular formula is C25H20F4N4O3S. The number of carbonyl (C=O) groups excluding carboxylic acids is 1. The summed E-state index contributed by atoms with van der Waals surface area (Å²) in [6, 6.07) is 17.2. The van der Waals surface area contributed by atoms with Gasteiger partial charge < -0.3 is 11.1 Å². The van der Waals surface area contributed by atoms with Crippen LogP contribution in [-0.2, 0) is 22.6 Å². The second kappa shape index (κ2) is 9.79. The van der Waals surface area contributed by atoms with Crippen LogP contribution >= 0.6 is 0 Å². The number of rotatable bonds is 6. The van der Waals surface area contributed by atoms with Crippen LogP contribution in [0.15, 0.2) is 77.7 Å². The molecular weight excluding hydrogens is 512 g/mol. The molecule has 4 aromatic rings. The van der Waals surface area contributed by atoms with Crippen LogP contribution in [-0.4, -0.2) is 30.4 Å². The van der Waals surface area contributed by atoms with Crippen LogP contribution in [0.2, 0.25) is 0 Å². The van der Waals surface area contributed by atoms with Crippen molar-refractivity contribution in [2.45, 2.75) is 17.6 Å². The van der Waals surface area contributed by atoms with Crippen molar-refractivity contribution in [2.24, 2.45) is 5.73 Å². The van der Waals surface area contributed by atoms with Crippen LogP contribution in [0.5, 0.6) is 0 Å². The second-order valence-corrected chi connectivity index (χ2v) is 10.0. The Balaban J connectivity index is 1.80. The molecule has 0 aliphatic rings. The maximum Gasteiger partial charge on any atom is 0.435 e. The van der Waals surface area contributed by atoms with Crippen LogP contribution in [0.25, 0.3) is 16.8 Å². The monoisotopic (exact) mass is 532 g/mol. The summed E-state index contributed by atoms with van der Waals surface area (Å²) in [5.74, 6) is -2.38. The number of aromatic nitrogens is 2. The summed E-state index contributed by atoms with van der Waals surface area (Å²) in [6.45, 7) is 0.0933. The first kappa shape index (κ1) is 26.0. The molecule has 0 spiro atoms. The molecule has 0 saturated carbocycles. The Labute approximate surface area is 209 Å².